The Balaban J connectivity index is 2.60. The number of aliphatic imine (C=N–C) groups is 1. The molecule has 1 spiro atoms. The molecule has 1 amide bonds. The van der Waals surface area contributed by atoms with E-state index in [1.54, 1.807) is 0 Å². The van der Waals surface area contributed by atoms with Crippen LogP contribution in [-0.4, -0.2) is 17.2 Å². The van der Waals surface area contributed by atoms with Gasteiger partial charge in [-0.15, -0.1) is 11.8 Å². The molecule has 1 aliphatic heterocycles. The fraction of sp³-hybridized carbons (Fsp3) is 0.615. The summed E-state index contributed by atoms with van der Waals surface area (Å²) in [5, 5.41) is 10.1. The minimum Gasteiger partial charge on any atom is -0.383 e. The normalized spacial score (nSPS) is 25.9. The summed E-state index contributed by atoms with van der Waals surface area (Å²) in [6.07, 6.45) is 6.52. The molecular formula is C13H18N4OS. The molecule has 1 saturated carbocycles. The number of hydrogen-bond donors (Lipinski definition) is 2. The molecule has 19 heavy (non-hydrogen) atoms. The van der Waals surface area contributed by atoms with E-state index in [1.807, 2.05) is 6.26 Å². The highest BCUT2D eigenvalue weighted by atomic mass is 32.2. The van der Waals surface area contributed by atoms with E-state index in [9.17, 15) is 10.1 Å². The lowest BCUT2D eigenvalue weighted by Crippen LogP contribution is -2.48. The maximum Gasteiger partial charge on any atom is 0.228 e. The quantitative estimate of drug-likeness (QED) is 0.758. The zero-order valence-electron chi connectivity index (χ0n) is 11.0. The number of rotatable bonds is 1. The Morgan fingerprint density at radius 3 is 2.58 bits per heavy atom. The number of primary amides is 1. The van der Waals surface area contributed by atoms with Crippen molar-refractivity contribution in [3.05, 3.63) is 11.4 Å². The average molecular weight is 278 g/mol. The van der Waals surface area contributed by atoms with Crippen LogP contribution in [-0.2, 0) is 4.79 Å². The summed E-state index contributed by atoms with van der Waals surface area (Å²) in [5.41, 5.74) is 11.5. The molecule has 0 bridgehead atoms. The topological polar surface area (TPSA) is 105 Å². The molecule has 1 atom stereocenters. The van der Waals surface area contributed by atoms with Gasteiger partial charge in [0.15, 0.2) is 0 Å². The highest BCUT2D eigenvalue weighted by Crippen LogP contribution is 2.52. The predicted molar refractivity (Wildman–Crippen MR) is 76.0 cm³/mol. The third-order valence-corrected chi connectivity index (χ3v) is 4.88. The van der Waals surface area contributed by atoms with E-state index in [0.717, 1.165) is 32.1 Å². The summed E-state index contributed by atoms with van der Waals surface area (Å²) < 4.78 is 0. The Labute approximate surface area is 117 Å². The zero-order chi connectivity index (χ0) is 14.0. The molecule has 1 heterocycles. The van der Waals surface area contributed by atoms with E-state index in [0.29, 0.717) is 10.6 Å². The minimum absolute atomic E-state index is 0.256. The Hall–Kier alpha value is -1.48. The van der Waals surface area contributed by atoms with Gasteiger partial charge in [0, 0.05) is 5.41 Å². The van der Waals surface area contributed by atoms with E-state index in [4.69, 9.17) is 11.5 Å². The van der Waals surface area contributed by atoms with Crippen molar-refractivity contribution in [2.24, 2.45) is 27.8 Å². The number of thioether (sulfide) groups is 1. The maximum absolute atomic E-state index is 11.9. The van der Waals surface area contributed by atoms with Gasteiger partial charge in [-0.2, -0.15) is 5.26 Å². The van der Waals surface area contributed by atoms with Gasteiger partial charge in [0.25, 0.3) is 0 Å². The van der Waals surface area contributed by atoms with Gasteiger partial charge in [0.1, 0.15) is 5.82 Å². The average Bonchev–Trinajstić information content (AvgIpc) is 2.38. The van der Waals surface area contributed by atoms with Crippen LogP contribution in [0.1, 0.15) is 32.1 Å². The van der Waals surface area contributed by atoms with Gasteiger partial charge in [-0.1, -0.05) is 19.3 Å². The van der Waals surface area contributed by atoms with E-state index in [2.05, 4.69) is 11.1 Å². The molecule has 1 aliphatic carbocycles. The number of nitriles is 1. The summed E-state index contributed by atoms with van der Waals surface area (Å²) in [6.45, 7) is 0. The second kappa shape index (κ2) is 5.25. The van der Waals surface area contributed by atoms with Crippen LogP contribution in [0.3, 0.4) is 0 Å². The highest BCUT2D eigenvalue weighted by molar-refractivity contribution is 8.13. The number of amides is 1. The van der Waals surface area contributed by atoms with Crippen LogP contribution in [0.15, 0.2) is 16.4 Å². The van der Waals surface area contributed by atoms with Crippen LogP contribution in [0, 0.1) is 22.7 Å². The number of hydrogen-bond acceptors (Lipinski definition) is 5. The molecule has 2 rings (SSSR count). The fourth-order valence-corrected chi connectivity index (χ4v) is 4.09. The van der Waals surface area contributed by atoms with Crippen molar-refractivity contribution >= 4 is 22.7 Å². The summed E-state index contributed by atoms with van der Waals surface area (Å²) in [7, 11) is 0. The Kier molecular flexibility index (Phi) is 3.85. The van der Waals surface area contributed by atoms with E-state index < -0.39 is 17.2 Å². The molecule has 0 aromatic heterocycles. The van der Waals surface area contributed by atoms with E-state index in [-0.39, 0.29) is 5.82 Å². The third kappa shape index (κ3) is 2.12. The van der Waals surface area contributed by atoms with E-state index >= 15 is 0 Å². The van der Waals surface area contributed by atoms with Crippen molar-refractivity contribution in [2.45, 2.75) is 32.1 Å². The molecule has 0 radical (unpaired) electrons. The number of nitrogens with two attached hydrogens (primary N) is 2. The van der Waals surface area contributed by atoms with Gasteiger partial charge < -0.3 is 11.5 Å². The summed E-state index contributed by atoms with van der Waals surface area (Å²) >= 11 is 1.39. The molecule has 2 aliphatic rings. The first kappa shape index (κ1) is 13.9. The number of carbonyl (C=O) groups excluding carboxylic acids is 1. The van der Waals surface area contributed by atoms with Gasteiger partial charge in [0.05, 0.1) is 22.6 Å². The fourth-order valence-electron chi connectivity index (χ4n) is 3.32. The van der Waals surface area contributed by atoms with Crippen LogP contribution in [0.5, 0.6) is 0 Å². The van der Waals surface area contributed by atoms with Gasteiger partial charge in [0.2, 0.25) is 5.91 Å². The smallest absolute Gasteiger partial charge is 0.228 e. The first-order chi connectivity index (χ1) is 9.06. The van der Waals surface area contributed by atoms with Crippen molar-refractivity contribution in [1.82, 2.24) is 0 Å². The lowest BCUT2D eigenvalue weighted by atomic mass is 9.61. The van der Waals surface area contributed by atoms with Gasteiger partial charge in [-0.05, 0) is 19.1 Å². The molecule has 0 aromatic carbocycles. The molecule has 102 valence electrons. The lowest BCUT2D eigenvalue weighted by molar-refractivity contribution is -0.123. The standard InChI is InChI=1S/C13H18N4OS/c1-19-12-9(11(16)18)13(5-3-2-4-6-13)8(7-14)10(15)17-12/h9H,2-6,15H2,1H3,(H2,16,18)/t9-/m0/s1. The molecule has 0 aromatic rings. The highest BCUT2D eigenvalue weighted by Gasteiger charge is 2.51. The molecule has 4 N–H and O–H groups in total. The second-order valence-corrected chi connectivity index (χ2v) is 5.90. The molecular weight excluding hydrogens is 260 g/mol. The predicted octanol–water partition coefficient (Wildman–Crippen LogP) is 1.51. The van der Waals surface area contributed by atoms with E-state index in [1.165, 1.54) is 11.8 Å². The first-order valence-corrected chi connectivity index (χ1v) is 7.61. The zero-order valence-corrected chi connectivity index (χ0v) is 11.8. The van der Waals surface area contributed by atoms with Crippen molar-refractivity contribution < 1.29 is 4.79 Å². The van der Waals surface area contributed by atoms with Crippen molar-refractivity contribution in [1.29, 1.82) is 5.26 Å². The van der Waals surface area contributed by atoms with Gasteiger partial charge in [-0.3, -0.25) is 4.79 Å². The summed E-state index contributed by atoms with van der Waals surface area (Å²) in [6, 6.07) is 2.17. The molecule has 6 heteroatoms. The first-order valence-electron chi connectivity index (χ1n) is 6.39. The molecule has 5 nitrogen and oxygen atoms in total. The number of carbonyl (C=O) groups is 1. The Morgan fingerprint density at radius 1 is 1.47 bits per heavy atom. The lowest BCUT2D eigenvalue weighted by Gasteiger charge is -2.44. The molecule has 0 unspecified atom stereocenters. The maximum atomic E-state index is 11.9. The Morgan fingerprint density at radius 2 is 2.11 bits per heavy atom. The van der Waals surface area contributed by atoms with Crippen molar-refractivity contribution in [2.75, 3.05) is 6.26 Å². The van der Waals surface area contributed by atoms with Crippen LogP contribution < -0.4 is 11.5 Å². The van der Waals surface area contributed by atoms with Crippen LogP contribution in [0.25, 0.3) is 0 Å². The summed E-state index contributed by atoms with van der Waals surface area (Å²) in [5.74, 6) is -0.661. The summed E-state index contributed by atoms with van der Waals surface area (Å²) in [4.78, 5) is 16.1. The largest absolute Gasteiger partial charge is 0.383 e. The van der Waals surface area contributed by atoms with Crippen molar-refractivity contribution in [3.8, 4) is 6.07 Å². The van der Waals surface area contributed by atoms with Crippen LogP contribution >= 0.6 is 11.8 Å². The second-order valence-electron chi connectivity index (χ2n) is 5.08. The minimum atomic E-state index is -0.525. The van der Waals surface area contributed by atoms with Crippen LogP contribution in [0.2, 0.25) is 0 Å². The third-order valence-electron chi connectivity index (χ3n) is 4.14. The van der Waals surface area contributed by atoms with Gasteiger partial charge >= 0.3 is 0 Å². The Bertz CT molecular complexity index is 497. The number of allylic oxidation sites excluding steroid dienone is 1. The number of nitrogens with zero attached hydrogens (tertiary/aromatic N) is 2. The molecule has 1 fully saturated rings. The van der Waals surface area contributed by atoms with Crippen LogP contribution in [0.4, 0.5) is 0 Å². The van der Waals surface area contributed by atoms with Gasteiger partial charge in [-0.25, -0.2) is 4.99 Å². The molecule has 0 saturated heterocycles. The monoisotopic (exact) mass is 278 g/mol. The SMILES string of the molecule is CSC1=NC(N)=C(C#N)C2(CCCCC2)[C@H]1C(N)=O. The van der Waals surface area contributed by atoms with Crippen molar-refractivity contribution in [3.63, 3.8) is 0 Å².